The van der Waals surface area contributed by atoms with Gasteiger partial charge in [0.25, 0.3) is 23.6 Å². The van der Waals surface area contributed by atoms with E-state index >= 15 is 0 Å². The van der Waals surface area contributed by atoms with Crippen LogP contribution in [0.15, 0.2) is 93.9 Å². The van der Waals surface area contributed by atoms with Crippen molar-refractivity contribution in [2.75, 3.05) is 13.1 Å². The molecule has 0 fully saturated rings. The molecule has 9 rings (SSSR count). The fourth-order valence-corrected chi connectivity index (χ4v) is 9.36. The van der Waals surface area contributed by atoms with Crippen molar-refractivity contribution in [3.8, 4) is 0 Å². The predicted octanol–water partition coefficient (Wildman–Crippen LogP) is 11.0. The van der Waals surface area contributed by atoms with Gasteiger partial charge in [-0.25, -0.2) is 0 Å². The number of carbonyl (C=O) groups is 4. The van der Waals surface area contributed by atoms with Crippen LogP contribution in [0, 0.1) is 0 Å². The number of fused-ring (bicyclic) bond motifs is 2. The molecule has 0 N–H and O–H groups in total. The summed E-state index contributed by atoms with van der Waals surface area (Å²) in [4.78, 5) is 58.3. The smallest absolute Gasteiger partial charge is 0.274 e. The summed E-state index contributed by atoms with van der Waals surface area (Å²) < 4.78 is 79.6. The minimum Gasteiger partial charge on any atom is -0.274 e. The van der Waals surface area contributed by atoms with Crippen LogP contribution < -0.4 is 0 Å². The molecule has 0 bridgehead atoms. The van der Waals surface area contributed by atoms with Crippen molar-refractivity contribution in [2.45, 2.75) is 25.2 Å². The van der Waals surface area contributed by atoms with E-state index in [-0.39, 0.29) is 48.2 Å². The molecule has 2 aliphatic rings. The van der Waals surface area contributed by atoms with Gasteiger partial charge in [-0.2, -0.15) is 26.3 Å². The molecule has 0 saturated carbocycles. The second kappa shape index (κ2) is 12.6. The van der Waals surface area contributed by atoms with Gasteiger partial charge >= 0.3 is 12.4 Å². The number of alkyl halides is 6. The lowest BCUT2D eigenvalue weighted by molar-refractivity contribution is -0.138. The summed E-state index contributed by atoms with van der Waals surface area (Å²) in [6.45, 7) is -0.124. The highest BCUT2D eigenvalue weighted by Crippen LogP contribution is 2.50. The van der Waals surface area contributed by atoms with Crippen molar-refractivity contribution < 1.29 is 45.5 Å². The average Bonchev–Trinajstić information content (AvgIpc) is 3.15. The molecule has 6 nitrogen and oxygen atoms in total. The van der Waals surface area contributed by atoms with Crippen LogP contribution in [-0.4, -0.2) is 46.5 Å². The van der Waals surface area contributed by atoms with Gasteiger partial charge in [-0.15, -0.1) is 0 Å². The molecule has 0 aliphatic carbocycles. The number of carbonyl (C=O) groups excluding carboxylic acids is 4. The monoisotopic (exact) mass is 890 g/mol. The van der Waals surface area contributed by atoms with E-state index in [0.29, 0.717) is 63.2 Å². The maximum atomic E-state index is 14.0. The maximum absolute atomic E-state index is 14.0. The molecular formula is C42H22Br2F6N2O4. The summed E-state index contributed by atoms with van der Waals surface area (Å²) in [6.07, 6.45) is -8.70. The summed E-state index contributed by atoms with van der Waals surface area (Å²) in [5, 5.41) is 4.76. The Morgan fingerprint density at radius 2 is 0.768 bits per heavy atom. The molecule has 14 heteroatoms. The Hall–Kier alpha value is -5.34. The minimum absolute atomic E-state index is 0.0618. The number of hydrogen-bond donors (Lipinski definition) is 0. The van der Waals surface area contributed by atoms with E-state index in [1.54, 1.807) is 36.4 Å². The third-order valence-electron chi connectivity index (χ3n) is 10.7. The molecule has 7 aromatic rings. The number of nitrogens with zero attached hydrogens (tertiary/aromatic N) is 2. The zero-order chi connectivity index (χ0) is 39.6. The average molecular weight is 892 g/mol. The maximum Gasteiger partial charge on any atom is 0.416 e. The van der Waals surface area contributed by atoms with E-state index in [4.69, 9.17) is 0 Å². The van der Waals surface area contributed by atoms with E-state index in [0.717, 1.165) is 34.1 Å². The third kappa shape index (κ3) is 5.43. The second-order valence-electron chi connectivity index (χ2n) is 13.8. The first-order valence-electron chi connectivity index (χ1n) is 17.2. The van der Waals surface area contributed by atoms with E-state index in [1.165, 1.54) is 24.3 Å². The molecule has 0 unspecified atom stereocenters. The number of benzene rings is 7. The molecule has 2 heterocycles. The van der Waals surface area contributed by atoms with Gasteiger partial charge < -0.3 is 0 Å². The Morgan fingerprint density at radius 1 is 0.429 bits per heavy atom. The topological polar surface area (TPSA) is 74.8 Å². The number of amides is 4. The van der Waals surface area contributed by atoms with Crippen LogP contribution in [0.2, 0.25) is 0 Å². The van der Waals surface area contributed by atoms with E-state index in [2.05, 4.69) is 31.9 Å². The number of halogens is 8. The third-order valence-corrected chi connectivity index (χ3v) is 12.0. The number of imide groups is 2. The summed E-state index contributed by atoms with van der Waals surface area (Å²) in [5.74, 6) is -2.20. The Labute approximate surface area is 329 Å². The lowest BCUT2D eigenvalue weighted by Crippen LogP contribution is -2.41. The summed E-state index contributed by atoms with van der Waals surface area (Å²) in [6, 6.07) is 19.2. The molecule has 4 amide bonds. The van der Waals surface area contributed by atoms with Gasteiger partial charge in [-0.3, -0.25) is 29.0 Å². The number of rotatable bonds is 6. The van der Waals surface area contributed by atoms with Crippen LogP contribution in [0.1, 0.15) is 63.7 Å². The Bertz CT molecular complexity index is 2690. The molecule has 0 radical (unpaired) electrons. The van der Waals surface area contributed by atoms with Crippen LogP contribution in [0.4, 0.5) is 26.3 Å². The van der Waals surface area contributed by atoms with Crippen molar-refractivity contribution in [1.29, 1.82) is 0 Å². The lowest BCUT2D eigenvalue weighted by Gasteiger charge is -2.31. The van der Waals surface area contributed by atoms with Gasteiger partial charge in [0.1, 0.15) is 0 Å². The predicted molar refractivity (Wildman–Crippen MR) is 204 cm³/mol. The molecule has 2 aliphatic heterocycles. The zero-order valence-electron chi connectivity index (χ0n) is 28.5. The fraction of sp³-hybridized carbons (Fsp3) is 0.143. The normalized spacial score (nSPS) is 14.8. The van der Waals surface area contributed by atoms with Crippen molar-refractivity contribution in [3.05, 3.63) is 138 Å². The molecule has 7 aromatic carbocycles. The van der Waals surface area contributed by atoms with Crippen molar-refractivity contribution >= 4 is 98.6 Å². The van der Waals surface area contributed by atoms with Crippen LogP contribution in [-0.2, 0) is 25.2 Å². The first-order valence-corrected chi connectivity index (χ1v) is 18.8. The van der Waals surface area contributed by atoms with E-state index in [9.17, 15) is 45.5 Å². The highest BCUT2D eigenvalue weighted by Gasteiger charge is 2.38. The summed E-state index contributed by atoms with van der Waals surface area (Å²) in [5.41, 5.74) is 0.532. The molecular weight excluding hydrogens is 870 g/mol. The van der Waals surface area contributed by atoms with Gasteiger partial charge in [0.15, 0.2) is 0 Å². The molecule has 0 atom stereocenters. The SMILES string of the molecule is O=C1c2ccc3c4c(Br)cc5c6c(ccc(c7c(Br)cc(c2c37)C(=O)N1CCc1ccc(C(F)(F)F)cc1)c64)C(=O)N(CCc1ccc(C(F)(F)F)cc1)C5=O. The van der Waals surface area contributed by atoms with Gasteiger partial charge in [-0.05, 0) is 83.3 Å². The van der Waals surface area contributed by atoms with Gasteiger partial charge in [0.2, 0.25) is 0 Å². The quantitative estimate of drug-likeness (QED) is 0.0721. The Morgan fingerprint density at radius 3 is 1.11 bits per heavy atom. The highest BCUT2D eigenvalue weighted by molar-refractivity contribution is 9.11. The van der Waals surface area contributed by atoms with Crippen molar-refractivity contribution in [1.82, 2.24) is 9.80 Å². The van der Waals surface area contributed by atoms with Crippen molar-refractivity contribution in [2.24, 2.45) is 0 Å². The van der Waals surface area contributed by atoms with Gasteiger partial charge in [0.05, 0.1) is 11.1 Å². The molecule has 280 valence electrons. The van der Waals surface area contributed by atoms with Crippen molar-refractivity contribution in [3.63, 3.8) is 0 Å². The molecule has 0 saturated heterocycles. The molecule has 0 aromatic heterocycles. The highest BCUT2D eigenvalue weighted by atomic mass is 79.9. The Balaban J connectivity index is 1.12. The summed E-state index contributed by atoms with van der Waals surface area (Å²) >= 11 is 7.36. The van der Waals surface area contributed by atoms with E-state index < -0.39 is 47.1 Å². The van der Waals surface area contributed by atoms with Gasteiger partial charge in [0, 0.05) is 76.6 Å². The van der Waals surface area contributed by atoms with Crippen LogP contribution in [0.5, 0.6) is 0 Å². The van der Waals surface area contributed by atoms with Crippen LogP contribution in [0.3, 0.4) is 0 Å². The summed E-state index contributed by atoms with van der Waals surface area (Å²) in [7, 11) is 0. The lowest BCUT2D eigenvalue weighted by atomic mass is 9.82. The standard InChI is InChI=1S/C42H22Br2F6N2O4/c43-29-17-27-31-25(37(53)51(39(27)55)15-13-19-1-5-21(6-2-19)41(45,46)47)11-9-23-34-30(44)18-28-32-26(12-10-24(36(32)34)33(29)35(23)31)38(54)52(40(28)56)16-14-20-3-7-22(8-4-20)42(48,49)50/h1-12,17-18H,13-16H2. The first-order chi connectivity index (χ1) is 26.5. The first kappa shape index (κ1) is 36.3. The van der Waals surface area contributed by atoms with Gasteiger partial charge in [-0.1, -0.05) is 68.3 Å². The molecule has 0 spiro atoms. The Kier molecular flexibility index (Phi) is 8.16. The second-order valence-corrected chi connectivity index (χ2v) is 15.5. The fourth-order valence-electron chi connectivity index (χ4n) is 8.08. The van der Waals surface area contributed by atoms with Crippen LogP contribution in [0.25, 0.3) is 43.1 Å². The number of hydrogen-bond acceptors (Lipinski definition) is 4. The van der Waals surface area contributed by atoms with Crippen LogP contribution >= 0.6 is 31.9 Å². The van der Waals surface area contributed by atoms with E-state index in [1.807, 2.05) is 0 Å². The minimum atomic E-state index is -4.49. The zero-order valence-corrected chi connectivity index (χ0v) is 31.6. The largest absolute Gasteiger partial charge is 0.416 e. The molecule has 56 heavy (non-hydrogen) atoms.